The molecule has 1 unspecified atom stereocenters. The van der Waals surface area contributed by atoms with Crippen LogP contribution in [0.2, 0.25) is 0 Å². The first-order chi connectivity index (χ1) is 13.1. The molecule has 0 aliphatic carbocycles. The summed E-state index contributed by atoms with van der Waals surface area (Å²) in [7, 11) is -1.62. The minimum Gasteiger partial charge on any atom is -0.426 e. The first-order valence-corrected chi connectivity index (χ1v) is 9.18. The lowest BCUT2D eigenvalue weighted by atomic mass is 9.75. The van der Waals surface area contributed by atoms with Gasteiger partial charge in [-0.05, 0) is 36.1 Å². The maximum Gasteiger partial charge on any atom is 0.475 e. The van der Waals surface area contributed by atoms with Crippen LogP contribution < -0.4 is 21.3 Å². The third-order valence-electron chi connectivity index (χ3n) is 4.64. The van der Waals surface area contributed by atoms with Gasteiger partial charge in [0.25, 0.3) is 0 Å². The molecule has 1 heterocycles. The molecular formula is C19H25BN4O3. The molecule has 7 nitrogen and oxygen atoms in total. The van der Waals surface area contributed by atoms with Crippen molar-refractivity contribution in [1.29, 1.82) is 0 Å². The number of rotatable bonds is 8. The summed E-state index contributed by atoms with van der Waals surface area (Å²) in [5.74, 6) is -0.979. The molecule has 0 radical (unpaired) electrons. The highest BCUT2D eigenvalue weighted by atomic mass is 16.4. The van der Waals surface area contributed by atoms with Crippen LogP contribution in [0.1, 0.15) is 24.5 Å². The van der Waals surface area contributed by atoms with Crippen LogP contribution in [0, 0.1) is 0 Å². The summed E-state index contributed by atoms with van der Waals surface area (Å²) in [5, 5.41) is 23.9. The highest BCUT2D eigenvalue weighted by Gasteiger charge is 2.26. The van der Waals surface area contributed by atoms with Crippen molar-refractivity contribution in [1.82, 2.24) is 10.9 Å². The lowest BCUT2D eigenvalue weighted by molar-refractivity contribution is -0.121. The standard InChI is InChI=1S/C19H25BN4O3/c1-2-14-6-5-7-15(12-14)13-18(20(26)27)21-19(25)10-11-24-17-9-4-3-8-16(17)22-23-24/h3-9,12,18,22-23,26-27H,2,10-11,13H2,1H3,(H,21,25). The number of carbonyl (C=O) groups excluding carboxylic acids is 1. The second-order valence-corrected chi connectivity index (χ2v) is 6.62. The molecule has 0 saturated heterocycles. The maximum atomic E-state index is 12.3. The molecule has 27 heavy (non-hydrogen) atoms. The zero-order valence-electron chi connectivity index (χ0n) is 15.4. The van der Waals surface area contributed by atoms with E-state index < -0.39 is 13.1 Å². The SMILES string of the molecule is CCc1cccc(CC(NC(=O)CCN2NNc3ccccc32)B(O)O)c1. The van der Waals surface area contributed by atoms with E-state index in [4.69, 9.17) is 0 Å². The Kier molecular flexibility index (Phi) is 6.34. The van der Waals surface area contributed by atoms with Gasteiger partial charge in [0, 0.05) is 13.0 Å². The average Bonchev–Trinajstić information content (AvgIpc) is 3.09. The Hall–Kier alpha value is -2.55. The van der Waals surface area contributed by atoms with E-state index in [0.29, 0.717) is 13.0 Å². The summed E-state index contributed by atoms with van der Waals surface area (Å²) in [4.78, 5) is 12.3. The second kappa shape index (κ2) is 8.90. The molecule has 0 spiro atoms. The molecule has 2 aromatic carbocycles. The summed E-state index contributed by atoms with van der Waals surface area (Å²) < 4.78 is 0. The zero-order chi connectivity index (χ0) is 19.2. The van der Waals surface area contributed by atoms with Crippen molar-refractivity contribution in [2.75, 3.05) is 17.0 Å². The van der Waals surface area contributed by atoms with E-state index in [0.717, 1.165) is 23.4 Å². The molecule has 8 heteroatoms. The van der Waals surface area contributed by atoms with Gasteiger partial charge in [-0.25, -0.2) is 0 Å². The quantitative estimate of drug-likeness (QED) is 0.447. The number of aryl methyl sites for hydroxylation is 1. The number of nitrogens with one attached hydrogen (secondary N) is 3. The fourth-order valence-corrected chi connectivity index (χ4v) is 3.13. The number of amides is 1. The van der Waals surface area contributed by atoms with Crippen molar-refractivity contribution in [3.63, 3.8) is 0 Å². The molecule has 1 atom stereocenters. The van der Waals surface area contributed by atoms with E-state index in [-0.39, 0.29) is 12.3 Å². The number of benzene rings is 2. The highest BCUT2D eigenvalue weighted by molar-refractivity contribution is 6.43. The number of hydrogen-bond acceptors (Lipinski definition) is 6. The van der Waals surface area contributed by atoms with E-state index in [2.05, 4.69) is 23.2 Å². The molecule has 0 fully saturated rings. The minimum absolute atomic E-state index is 0.223. The van der Waals surface area contributed by atoms with Crippen molar-refractivity contribution in [3.05, 3.63) is 59.7 Å². The number of hydrogen-bond donors (Lipinski definition) is 5. The van der Waals surface area contributed by atoms with Gasteiger partial charge in [-0.15, -0.1) is 5.53 Å². The van der Waals surface area contributed by atoms with Crippen LogP contribution in [0.15, 0.2) is 48.5 Å². The van der Waals surface area contributed by atoms with E-state index in [1.165, 1.54) is 5.56 Å². The predicted molar refractivity (Wildman–Crippen MR) is 107 cm³/mol. The van der Waals surface area contributed by atoms with Crippen molar-refractivity contribution in [2.45, 2.75) is 32.1 Å². The van der Waals surface area contributed by atoms with Crippen LogP contribution in [0.4, 0.5) is 11.4 Å². The molecule has 2 aromatic rings. The van der Waals surface area contributed by atoms with Gasteiger partial charge in [0.1, 0.15) is 0 Å². The van der Waals surface area contributed by atoms with Crippen molar-refractivity contribution >= 4 is 24.4 Å². The van der Waals surface area contributed by atoms with Crippen molar-refractivity contribution < 1.29 is 14.8 Å². The number of anilines is 2. The Morgan fingerprint density at radius 2 is 1.96 bits per heavy atom. The van der Waals surface area contributed by atoms with Gasteiger partial charge in [-0.1, -0.05) is 43.3 Å². The third-order valence-corrected chi connectivity index (χ3v) is 4.64. The molecule has 0 saturated carbocycles. The van der Waals surface area contributed by atoms with Gasteiger partial charge in [0.2, 0.25) is 5.91 Å². The molecule has 0 aromatic heterocycles. The lowest BCUT2D eigenvalue weighted by Gasteiger charge is -2.20. The Labute approximate surface area is 159 Å². The average molecular weight is 368 g/mol. The van der Waals surface area contributed by atoms with Crippen LogP contribution in [-0.4, -0.2) is 35.6 Å². The summed E-state index contributed by atoms with van der Waals surface area (Å²) in [5.41, 5.74) is 10.1. The van der Waals surface area contributed by atoms with Gasteiger partial charge in [-0.3, -0.25) is 9.80 Å². The van der Waals surface area contributed by atoms with Gasteiger partial charge in [0.15, 0.2) is 0 Å². The van der Waals surface area contributed by atoms with Gasteiger partial charge in [0.05, 0.1) is 17.3 Å². The van der Waals surface area contributed by atoms with Crippen LogP contribution >= 0.6 is 0 Å². The molecule has 1 aliphatic heterocycles. The molecule has 1 amide bonds. The third kappa shape index (κ3) is 5.00. The number of carbonyl (C=O) groups is 1. The van der Waals surface area contributed by atoms with Crippen LogP contribution in [0.5, 0.6) is 0 Å². The summed E-state index contributed by atoms with van der Waals surface area (Å²) in [6.07, 6.45) is 1.50. The maximum absolute atomic E-state index is 12.3. The zero-order valence-corrected chi connectivity index (χ0v) is 15.4. The van der Waals surface area contributed by atoms with Crippen LogP contribution in [-0.2, 0) is 17.6 Å². The molecular weight excluding hydrogens is 343 g/mol. The fraction of sp³-hybridized carbons (Fsp3) is 0.316. The topological polar surface area (TPSA) is 96.9 Å². The Morgan fingerprint density at radius 3 is 2.74 bits per heavy atom. The fourth-order valence-electron chi connectivity index (χ4n) is 3.13. The number of para-hydroxylation sites is 2. The van der Waals surface area contributed by atoms with Gasteiger partial charge < -0.3 is 20.8 Å². The smallest absolute Gasteiger partial charge is 0.426 e. The van der Waals surface area contributed by atoms with Gasteiger partial charge >= 0.3 is 7.12 Å². The highest BCUT2D eigenvalue weighted by Crippen LogP contribution is 2.27. The van der Waals surface area contributed by atoms with E-state index in [1.807, 2.05) is 53.5 Å². The first kappa shape index (κ1) is 19.2. The molecule has 1 aliphatic rings. The Balaban J connectivity index is 1.54. The molecule has 0 bridgehead atoms. The van der Waals surface area contributed by atoms with E-state index in [9.17, 15) is 14.8 Å². The van der Waals surface area contributed by atoms with E-state index >= 15 is 0 Å². The summed E-state index contributed by atoms with van der Waals surface area (Å²) >= 11 is 0. The second-order valence-electron chi connectivity index (χ2n) is 6.62. The Morgan fingerprint density at radius 1 is 1.19 bits per heavy atom. The number of hydrazine groups is 2. The van der Waals surface area contributed by atoms with Gasteiger partial charge in [-0.2, -0.15) is 0 Å². The van der Waals surface area contributed by atoms with Crippen LogP contribution in [0.25, 0.3) is 0 Å². The first-order valence-electron chi connectivity index (χ1n) is 9.18. The minimum atomic E-state index is -1.62. The number of nitrogens with zero attached hydrogens (tertiary/aromatic N) is 1. The number of fused-ring (bicyclic) bond motifs is 1. The summed E-state index contributed by atoms with van der Waals surface area (Å²) in [6.45, 7) is 2.52. The Bertz CT molecular complexity index is 787. The monoisotopic (exact) mass is 368 g/mol. The molecule has 5 N–H and O–H groups in total. The predicted octanol–water partition coefficient (Wildman–Crippen LogP) is 1.03. The van der Waals surface area contributed by atoms with Crippen molar-refractivity contribution in [3.8, 4) is 0 Å². The van der Waals surface area contributed by atoms with Crippen molar-refractivity contribution in [2.24, 2.45) is 0 Å². The lowest BCUT2D eigenvalue weighted by Crippen LogP contribution is -2.49. The van der Waals surface area contributed by atoms with E-state index in [1.54, 1.807) is 0 Å². The molecule has 3 rings (SSSR count). The van der Waals surface area contributed by atoms with Crippen LogP contribution in [0.3, 0.4) is 0 Å². The molecule has 142 valence electrons. The largest absolute Gasteiger partial charge is 0.475 e. The normalized spacial score (nSPS) is 13.7. The summed E-state index contributed by atoms with van der Waals surface area (Å²) in [6, 6.07) is 15.7.